The molecule has 318 valence electrons. The van der Waals surface area contributed by atoms with Crippen molar-refractivity contribution in [3.05, 3.63) is 265 Å². The Morgan fingerprint density at radius 2 is 0.836 bits per heavy atom. The smallest absolute Gasteiger partial charge is 0.0947 e. The van der Waals surface area contributed by atoms with E-state index in [0.717, 1.165) is 51.0 Å². The summed E-state index contributed by atoms with van der Waals surface area (Å²) >= 11 is 0. The Hall–Kier alpha value is -8.73. The zero-order valence-electron chi connectivity index (χ0n) is 37.1. The van der Waals surface area contributed by atoms with Crippen molar-refractivity contribution < 1.29 is 0 Å². The summed E-state index contributed by atoms with van der Waals surface area (Å²) in [6, 6.07) is 89.4. The lowest BCUT2D eigenvalue weighted by molar-refractivity contribution is 1.01. The monoisotopic (exact) mass is 858 g/mol. The van der Waals surface area contributed by atoms with E-state index in [9.17, 15) is 0 Å². The maximum absolute atomic E-state index is 5.23. The summed E-state index contributed by atoms with van der Waals surface area (Å²) in [5.41, 5.74) is 20.4. The van der Waals surface area contributed by atoms with Gasteiger partial charge in [-0.3, -0.25) is 0 Å². The minimum absolute atomic E-state index is 0.0713. The molecule has 0 spiro atoms. The molecule has 0 fully saturated rings. The van der Waals surface area contributed by atoms with Crippen molar-refractivity contribution in [1.29, 1.82) is 0 Å². The van der Waals surface area contributed by atoms with Crippen LogP contribution in [0, 0.1) is 6.92 Å². The number of hydrogen-bond acceptors (Lipinski definition) is 3. The van der Waals surface area contributed by atoms with Crippen molar-refractivity contribution in [3.8, 4) is 39.1 Å². The Kier molecular flexibility index (Phi) is 10.1. The third kappa shape index (κ3) is 7.55. The van der Waals surface area contributed by atoms with Crippen LogP contribution in [-0.2, 0) is 0 Å². The fourth-order valence-electron chi connectivity index (χ4n) is 9.68. The fourth-order valence-corrected chi connectivity index (χ4v) is 9.68. The highest BCUT2D eigenvalue weighted by Crippen LogP contribution is 2.41. The lowest BCUT2D eigenvalue weighted by Crippen LogP contribution is -2.25. The highest BCUT2D eigenvalue weighted by Gasteiger charge is 2.26. The van der Waals surface area contributed by atoms with E-state index in [4.69, 9.17) is 4.99 Å². The third-order valence-electron chi connectivity index (χ3n) is 13.1. The first-order valence-corrected chi connectivity index (χ1v) is 23.0. The second kappa shape index (κ2) is 17.0. The second-order valence-electron chi connectivity index (χ2n) is 17.3. The molecule has 0 radical (unpaired) electrons. The van der Waals surface area contributed by atoms with Gasteiger partial charge in [-0.2, -0.15) is 0 Å². The average Bonchev–Trinajstić information content (AvgIpc) is 3.73. The lowest BCUT2D eigenvalue weighted by Gasteiger charge is -2.29. The largest absolute Gasteiger partial charge is 0.371 e. The van der Waals surface area contributed by atoms with Gasteiger partial charge in [0.15, 0.2) is 0 Å². The first-order chi connectivity index (χ1) is 33.1. The SMILES string of the molecule is Cc1ccc(-c2ccc(-c3ccc4c(c3)c3cc(-c5ccc(N(c6ccccc6)c6ccc(C7=Nc8ccccc8NC7c7ccccc7)cc6)cc5)ccc3n4-c3ccccc3)cc2)cc1. The topological polar surface area (TPSA) is 32.6 Å². The van der Waals surface area contributed by atoms with Gasteiger partial charge in [-0.25, -0.2) is 4.99 Å². The highest BCUT2D eigenvalue weighted by atomic mass is 15.1. The number of anilines is 4. The predicted octanol–water partition coefficient (Wildman–Crippen LogP) is 16.9. The fraction of sp³-hybridized carbons (Fsp3) is 0.0317. The predicted molar refractivity (Wildman–Crippen MR) is 282 cm³/mol. The van der Waals surface area contributed by atoms with Crippen LogP contribution in [0.2, 0.25) is 0 Å². The number of hydrogen-bond donors (Lipinski definition) is 1. The van der Waals surface area contributed by atoms with E-state index in [0.29, 0.717) is 0 Å². The molecule has 10 aromatic carbocycles. The molecule has 1 atom stereocenters. The van der Waals surface area contributed by atoms with Crippen LogP contribution >= 0.6 is 0 Å². The van der Waals surface area contributed by atoms with Gasteiger partial charge in [0.2, 0.25) is 0 Å². The van der Waals surface area contributed by atoms with Gasteiger partial charge in [0, 0.05) is 33.5 Å². The molecule has 1 aliphatic heterocycles. The van der Waals surface area contributed by atoms with E-state index in [1.165, 1.54) is 60.8 Å². The lowest BCUT2D eigenvalue weighted by atomic mass is 9.94. The molecule has 2 heterocycles. The summed E-state index contributed by atoms with van der Waals surface area (Å²) in [4.78, 5) is 7.55. The molecule has 0 aliphatic carbocycles. The molecular formula is C63H46N4. The van der Waals surface area contributed by atoms with Gasteiger partial charge in [-0.1, -0.05) is 169 Å². The van der Waals surface area contributed by atoms with E-state index in [1.807, 2.05) is 6.07 Å². The molecule has 4 nitrogen and oxygen atoms in total. The van der Waals surface area contributed by atoms with Crippen LogP contribution < -0.4 is 10.2 Å². The van der Waals surface area contributed by atoms with Gasteiger partial charge in [0.25, 0.3) is 0 Å². The summed E-state index contributed by atoms with van der Waals surface area (Å²) in [6.45, 7) is 2.13. The van der Waals surface area contributed by atoms with Crippen molar-refractivity contribution in [2.45, 2.75) is 13.0 Å². The number of para-hydroxylation sites is 4. The number of benzene rings is 10. The number of nitrogens with one attached hydrogen (secondary N) is 1. The van der Waals surface area contributed by atoms with Crippen molar-refractivity contribution in [1.82, 2.24) is 4.57 Å². The highest BCUT2D eigenvalue weighted by molar-refractivity contribution is 6.12. The van der Waals surface area contributed by atoms with Gasteiger partial charge < -0.3 is 14.8 Å². The van der Waals surface area contributed by atoms with Crippen LogP contribution in [0.25, 0.3) is 60.9 Å². The first-order valence-electron chi connectivity index (χ1n) is 23.0. The molecule has 0 saturated carbocycles. The number of aromatic nitrogens is 1. The summed E-state index contributed by atoms with van der Waals surface area (Å²) in [7, 11) is 0. The number of aliphatic imine (C=N–C) groups is 1. The quantitative estimate of drug-likeness (QED) is 0.157. The van der Waals surface area contributed by atoms with Crippen LogP contribution in [0.4, 0.5) is 28.4 Å². The van der Waals surface area contributed by atoms with Gasteiger partial charge in [-0.15, -0.1) is 0 Å². The molecule has 67 heavy (non-hydrogen) atoms. The summed E-state index contributed by atoms with van der Waals surface area (Å²) in [5, 5.41) is 6.22. The number of rotatable bonds is 9. The number of fused-ring (bicyclic) bond motifs is 4. The molecule has 0 bridgehead atoms. The average molecular weight is 859 g/mol. The van der Waals surface area contributed by atoms with E-state index in [2.05, 4.69) is 264 Å². The molecule has 0 amide bonds. The van der Waals surface area contributed by atoms with Gasteiger partial charge >= 0.3 is 0 Å². The van der Waals surface area contributed by atoms with Crippen LogP contribution in [0.1, 0.15) is 22.7 Å². The van der Waals surface area contributed by atoms with Crippen LogP contribution in [-0.4, -0.2) is 10.3 Å². The molecule has 0 saturated heterocycles. The van der Waals surface area contributed by atoms with Gasteiger partial charge in [-0.05, 0) is 136 Å². The molecule has 1 N–H and O–H groups in total. The first kappa shape index (κ1) is 39.8. The molecule has 12 rings (SSSR count). The summed E-state index contributed by atoms with van der Waals surface area (Å²) in [6.07, 6.45) is 0. The van der Waals surface area contributed by atoms with Crippen molar-refractivity contribution >= 4 is 56.0 Å². The molecule has 1 unspecified atom stereocenters. The van der Waals surface area contributed by atoms with E-state index in [1.54, 1.807) is 0 Å². The normalized spacial score (nSPS) is 13.2. The Balaban J connectivity index is 0.897. The number of aryl methyl sites for hydroxylation is 1. The van der Waals surface area contributed by atoms with Crippen LogP contribution in [0.5, 0.6) is 0 Å². The van der Waals surface area contributed by atoms with Crippen LogP contribution in [0.15, 0.2) is 254 Å². The van der Waals surface area contributed by atoms with Gasteiger partial charge in [0.05, 0.1) is 34.2 Å². The number of nitrogens with zero attached hydrogens (tertiary/aromatic N) is 3. The van der Waals surface area contributed by atoms with E-state index >= 15 is 0 Å². The van der Waals surface area contributed by atoms with Crippen molar-refractivity contribution in [2.24, 2.45) is 4.99 Å². The van der Waals surface area contributed by atoms with Crippen molar-refractivity contribution in [3.63, 3.8) is 0 Å². The summed E-state index contributed by atoms with van der Waals surface area (Å²) < 4.78 is 2.39. The minimum atomic E-state index is -0.0713. The third-order valence-corrected chi connectivity index (χ3v) is 13.1. The maximum atomic E-state index is 5.23. The summed E-state index contributed by atoms with van der Waals surface area (Å²) in [5.74, 6) is 0. The Labute approximate surface area is 391 Å². The molecule has 11 aromatic rings. The van der Waals surface area contributed by atoms with Gasteiger partial charge in [0.1, 0.15) is 0 Å². The zero-order chi connectivity index (χ0) is 44.7. The van der Waals surface area contributed by atoms with E-state index < -0.39 is 0 Å². The van der Waals surface area contributed by atoms with E-state index in [-0.39, 0.29) is 6.04 Å². The minimum Gasteiger partial charge on any atom is -0.371 e. The maximum Gasteiger partial charge on any atom is 0.0947 e. The molecule has 1 aliphatic rings. The van der Waals surface area contributed by atoms with Crippen LogP contribution in [0.3, 0.4) is 0 Å². The zero-order valence-corrected chi connectivity index (χ0v) is 37.1. The standard InChI is InChI=1S/C63H46N4/c1-43-21-23-44(24-22-43)45-25-27-46(28-26-45)50-33-39-60-56(41-50)57-42-51(34-40-61(57)67(60)53-17-9-4-10-18-53)47-29-35-54(36-30-47)66(52-15-7-3-8-16-52)55-37-31-49(32-38-55)63-62(48-13-5-2-6-14-48)64-58-19-11-12-20-59(58)65-63/h2-42,62,64H,1H3. The Bertz CT molecular complexity index is 3560. The Morgan fingerprint density at radius 1 is 0.403 bits per heavy atom. The molecular weight excluding hydrogens is 813 g/mol. The Morgan fingerprint density at radius 3 is 1.42 bits per heavy atom. The second-order valence-corrected chi connectivity index (χ2v) is 17.3. The molecule has 1 aromatic heterocycles. The molecule has 4 heteroatoms. The van der Waals surface area contributed by atoms with Crippen molar-refractivity contribution in [2.75, 3.05) is 10.2 Å².